The van der Waals surface area contributed by atoms with E-state index >= 15 is 0 Å². The molecule has 2 aromatic carbocycles. The second kappa shape index (κ2) is 6.16. The Morgan fingerprint density at radius 2 is 2.00 bits per heavy atom. The van der Waals surface area contributed by atoms with Gasteiger partial charge in [-0.05, 0) is 24.6 Å². The first-order valence-electron chi connectivity index (χ1n) is 8.46. The van der Waals surface area contributed by atoms with Gasteiger partial charge in [0.05, 0.1) is 11.2 Å². The molecule has 0 fully saturated rings. The molecule has 1 aromatic heterocycles. The van der Waals surface area contributed by atoms with Crippen molar-refractivity contribution in [2.75, 3.05) is 6.54 Å². The van der Waals surface area contributed by atoms with E-state index in [1.54, 1.807) is 12.1 Å². The molecule has 0 amide bonds. The fraction of sp³-hybridized carbons (Fsp3) is 0.238. The van der Waals surface area contributed by atoms with Gasteiger partial charge in [0.1, 0.15) is 5.82 Å². The molecule has 0 aliphatic carbocycles. The van der Waals surface area contributed by atoms with Gasteiger partial charge < -0.3 is 0 Å². The van der Waals surface area contributed by atoms with Crippen molar-refractivity contribution in [3.63, 3.8) is 0 Å². The zero-order valence-electron chi connectivity index (χ0n) is 13.7. The van der Waals surface area contributed by atoms with Crippen molar-refractivity contribution in [3.8, 4) is 0 Å². The lowest BCUT2D eigenvalue weighted by molar-refractivity contribution is 0.549. The van der Waals surface area contributed by atoms with E-state index in [1.807, 2.05) is 36.5 Å². The standard InChI is InChI=1S/C21H19FN2/c1-2-6-15-12-24-21(17-8-5-9-18(22)20(15)17)16-11-14-7-3-4-10-19(14)23-13-16/h3-5,7-11,13,15H,2,6,12H2,1H3. The highest BCUT2D eigenvalue weighted by atomic mass is 19.1. The molecule has 1 unspecified atom stereocenters. The Balaban J connectivity index is 1.85. The maximum absolute atomic E-state index is 14.5. The minimum Gasteiger partial charge on any atom is -0.283 e. The SMILES string of the molecule is CCCC1CN=C(c2cnc3ccccc3c2)c2cccc(F)c21. The summed E-state index contributed by atoms with van der Waals surface area (Å²) in [6.07, 6.45) is 3.83. The molecule has 3 heteroatoms. The summed E-state index contributed by atoms with van der Waals surface area (Å²) in [6, 6.07) is 15.4. The van der Waals surface area contributed by atoms with Crippen LogP contribution >= 0.6 is 0 Å². The summed E-state index contributed by atoms with van der Waals surface area (Å²) >= 11 is 0. The van der Waals surface area contributed by atoms with Crippen LogP contribution in [0.3, 0.4) is 0 Å². The Morgan fingerprint density at radius 1 is 1.12 bits per heavy atom. The van der Waals surface area contributed by atoms with Gasteiger partial charge in [0.2, 0.25) is 0 Å². The van der Waals surface area contributed by atoms with Crippen LogP contribution < -0.4 is 0 Å². The summed E-state index contributed by atoms with van der Waals surface area (Å²) in [7, 11) is 0. The number of aliphatic imine (C=N–C) groups is 1. The highest BCUT2D eigenvalue weighted by Gasteiger charge is 2.26. The summed E-state index contributed by atoms with van der Waals surface area (Å²) in [5.41, 5.74) is 4.50. The smallest absolute Gasteiger partial charge is 0.127 e. The normalized spacial score (nSPS) is 16.8. The van der Waals surface area contributed by atoms with Gasteiger partial charge in [-0.15, -0.1) is 0 Å². The van der Waals surface area contributed by atoms with Crippen molar-refractivity contribution < 1.29 is 4.39 Å². The molecule has 2 nitrogen and oxygen atoms in total. The molecule has 120 valence electrons. The van der Waals surface area contributed by atoms with Gasteiger partial charge in [0.25, 0.3) is 0 Å². The van der Waals surface area contributed by atoms with Crippen LogP contribution in [-0.2, 0) is 0 Å². The van der Waals surface area contributed by atoms with E-state index in [9.17, 15) is 4.39 Å². The molecule has 0 N–H and O–H groups in total. The number of rotatable bonds is 3. The van der Waals surface area contributed by atoms with Crippen LogP contribution in [0.2, 0.25) is 0 Å². The molecular weight excluding hydrogens is 299 g/mol. The number of hydrogen-bond donors (Lipinski definition) is 0. The molecule has 1 aliphatic heterocycles. The molecule has 3 aromatic rings. The summed E-state index contributed by atoms with van der Waals surface area (Å²) in [5, 5.41) is 1.08. The van der Waals surface area contributed by atoms with Crippen LogP contribution in [0.4, 0.5) is 4.39 Å². The van der Waals surface area contributed by atoms with Crippen molar-refractivity contribution in [3.05, 3.63) is 77.2 Å². The summed E-state index contributed by atoms with van der Waals surface area (Å²) in [5.74, 6) is 0.0514. The van der Waals surface area contributed by atoms with E-state index in [2.05, 4.69) is 18.0 Å². The van der Waals surface area contributed by atoms with E-state index < -0.39 is 0 Å². The highest BCUT2D eigenvalue weighted by Crippen LogP contribution is 2.33. The highest BCUT2D eigenvalue weighted by molar-refractivity contribution is 6.15. The molecule has 4 rings (SSSR count). The van der Waals surface area contributed by atoms with Gasteiger partial charge >= 0.3 is 0 Å². The average molecular weight is 318 g/mol. The summed E-state index contributed by atoms with van der Waals surface area (Å²) in [6.45, 7) is 2.77. The zero-order valence-corrected chi connectivity index (χ0v) is 13.7. The Morgan fingerprint density at radius 3 is 2.88 bits per heavy atom. The number of fused-ring (bicyclic) bond motifs is 2. The topological polar surface area (TPSA) is 25.2 Å². The number of aromatic nitrogens is 1. The fourth-order valence-electron chi connectivity index (χ4n) is 3.57. The quantitative estimate of drug-likeness (QED) is 0.659. The van der Waals surface area contributed by atoms with Gasteiger partial charge in [-0.2, -0.15) is 0 Å². The van der Waals surface area contributed by atoms with Gasteiger partial charge in [-0.3, -0.25) is 9.98 Å². The molecule has 1 atom stereocenters. The predicted molar refractivity (Wildman–Crippen MR) is 96.3 cm³/mol. The van der Waals surface area contributed by atoms with E-state index in [0.29, 0.717) is 6.54 Å². The van der Waals surface area contributed by atoms with Crippen molar-refractivity contribution in [2.24, 2.45) is 4.99 Å². The van der Waals surface area contributed by atoms with Gasteiger partial charge in [0, 0.05) is 40.7 Å². The van der Waals surface area contributed by atoms with Crippen molar-refractivity contribution in [1.82, 2.24) is 4.98 Å². The van der Waals surface area contributed by atoms with Gasteiger partial charge in [0.15, 0.2) is 0 Å². The molecule has 0 saturated carbocycles. The van der Waals surface area contributed by atoms with Crippen molar-refractivity contribution in [1.29, 1.82) is 0 Å². The van der Waals surface area contributed by atoms with Crippen LogP contribution in [0.5, 0.6) is 0 Å². The van der Waals surface area contributed by atoms with Crippen molar-refractivity contribution >= 4 is 16.6 Å². The average Bonchev–Trinajstić information content (AvgIpc) is 2.62. The molecule has 2 heterocycles. The maximum Gasteiger partial charge on any atom is 0.127 e. The van der Waals surface area contributed by atoms with E-state index in [1.165, 1.54) is 0 Å². The third kappa shape index (κ3) is 2.50. The first-order valence-corrected chi connectivity index (χ1v) is 8.46. The van der Waals surface area contributed by atoms with E-state index in [-0.39, 0.29) is 11.7 Å². The maximum atomic E-state index is 14.5. The van der Waals surface area contributed by atoms with Gasteiger partial charge in [-0.25, -0.2) is 4.39 Å². The lowest BCUT2D eigenvalue weighted by Crippen LogP contribution is -2.20. The fourth-order valence-corrected chi connectivity index (χ4v) is 3.57. The molecule has 0 bridgehead atoms. The second-order valence-corrected chi connectivity index (χ2v) is 6.29. The monoisotopic (exact) mass is 318 g/mol. The van der Waals surface area contributed by atoms with Crippen LogP contribution in [0.25, 0.3) is 10.9 Å². The first-order chi connectivity index (χ1) is 11.8. The summed E-state index contributed by atoms with van der Waals surface area (Å²) in [4.78, 5) is 9.33. The number of pyridine rings is 1. The van der Waals surface area contributed by atoms with Gasteiger partial charge in [-0.1, -0.05) is 43.7 Å². The lowest BCUT2D eigenvalue weighted by atomic mass is 9.84. The first kappa shape index (κ1) is 15.0. The summed E-state index contributed by atoms with van der Waals surface area (Å²) < 4.78 is 14.5. The van der Waals surface area contributed by atoms with Crippen LogP contribution in [-0.4, -0.2) is 17.2 Å². The van der Waals surface area contributed by atoms with Crippen LogP contribution in [0.15, 0.2) is 59.7 Å². The molecule has 0 saturated heterocycles. The Bertz CT molecular complexity index is 930. The number of benzene rings is 2. The minimum atomic E-state index is -0.118. The van der Waals surface area contributed by atoms with Crippen LogP contribution in [0, 0.1) is 5.82 Å². The third-order valence-corrected chi connectivity index (χ3v) is 4.69. The number of nitrogens with zero attached hydrogens (tertiary/aromatic N) is 2. The molecule has 1 aliphatic rings. The third-order valence-electron chi connectivity index (χ3n) is 4.69. The van der Waals surface area contributed by atoms with Crippen molar-refractivity contribution in [2.45, 2.75) is 25.7 Å². The molecule has 24 heavy (non-hydrogen) atoms. The lowest BCUT2D eigenvalue weighted by Gasteiger charge is -2.25. The van der Waals surface area contributed by atoms with E-state index in [4.69, 9.17) is 4.99 Å². The predicted octanol–water partition coefficient (Wildman–Crippen LogP) is 5.11. The Kier molecular flexibility index (Phi) is 3.85. The van der Waals surface area contributed by atoms with Crippen LogP contribution in [0.1, 0.15) is 42.4 Å². The Hall–Kier alpha value is -2.55. The second-order valence-electron chi connectivity index (χ2n) is 6.29. The molecule has 0 spiro atoms. The van der Waals surface area contributed by atoms with E-state index in [0.717, 1.165) is 46.1 Å². The largest absolute Gasteiger partial charge is 0.283 e. The minimum absolute atomic E-state index is 0.118. The number of halogens is 1. The molecule has 0 radical (unpaired) electrons. The Labute approximate surface area is 141 Å². The molecular formula is C21H19FN2. The number of hydrogen-bond acceptors (Lipinski definition) is 2. The zero-order chi connectivity index (χ0) is 16.5. The number of para-hydroxylation sites is 1.